The Balaban J connectivity index is 2.04. The van der Waals surface area contributed by atoms with E-state index >= 15 is 0 Å². The summed E-state index contributed by atoms with van der Waals surface area (Å²) < 4.78 is 0. The van der Waals surface area contributed by atoms with Crippen LogP contribution < -0.4 is 11.3 Å². The Hall–Kier alpha value is -1.23. The zero-order valence-electron chi connectivity index (χ0n) is 13.3. The standard InChI is InChI=1S/C17H25N3S/c1-12-6-5-7-13(8-12)9-14(20-18)10-16-19-15(11-21-16)17(2,3)4/h5-8,11,14,20H,9-10,18H2,1-4H3. The lowest BCUT2D eigenvalue weighted by Gasteiger charge is -2.16. The third-order valence-corrected chi connectivity index (χ3v) is 4.41. The van der Waals surface area contributed by atoms with Gasteiger partial charge in [0.05, 0.1) is 10.7 Å². The largest absolute Gasteiger partial charge is 0.271 e. The Labute approximate surface area is 131 Å². The van der Waals surface area contributed by atoms with E-state index in [1.165, 1.54) is 11.1 Å². The lowest BCUT2D eigenvalue weighted by molar-refractivity contribution is 0.517. The molecule has 21 heavy (non-hydrogen) atoms. The molecule has 0 fully saturated rings. The fourth-order valence-electron chi connectivity index (χ4n) is 2.27. The van der Waals surface area contributed by atoms with Gasteiger partial charge in [-0.05, 0) is 18.9 Å². The molecule has 2 rings (SSSR count). The highest BCUT2D eigenvalue weighted by atomic mass is 32.1. The van der Waals surface area contributed by atoms with Gasteiger partial charge < -0.3 is 0 Å². The molecule has 0 bridgehead atoms. The number of aromatic nitrogens is 1. The number of hydrogen-bond donors (Lipinski definition) is 2. The second-order valence-electron chi connectivity index (χ2n) is 6.64. The first-order valence-corrected chi connectivity index (χ1v) is 8.23. The van der Waals surface area contributed by atoms with Crippen molar-refractivity contribution in [3.63, 3.8) is 0 Å². The van der Waals surface area contributed by atoms with Gasteiger partial charge in [0.25, 0.3) is 0 Å². The van der Waals surface area contributed by atoms with Crippen molar-refractivity contribution in [1.82, 2.24) is 10.4 Å². The molecular formula is C17H25N3S. The lowest BCUT2D eigenvalue weighted by Crippen LogP contribution is -2.38. The Kier molecular flexibility index (Phi) is 5.14. The van der Waals surface area contributed by atoms with Crippen molar-refractivity contribution in [2.75, 3.05) is 0 Å². The van der Waals surface area contributed by atoms with E-state index in [1.807, 2.05) is 0 Å². The molecule has 2 aromatic rings. The second-order valence-corrected chi connectivity index (χ2v) is 7.58. The maximum atomic E-state index is 5.73. The fraction of sp³-hybridized carbons (Fsp3) is 0.471. The van der Waals surface area contributed by atoms with Crippen LogP contribution in [-0.4, -0.2) is 11.0 Å². The van der Waals surface area contributed by atoms with Crippen LogP contribution in [0, 0.1) is 6.92 Å². The molecule has 0 aliphatic carbocycles. The van der Waals surface area contributed by atoms with Gasteiger partial charge >= 0.3 is 0 Å². The molecule has 1 heterocycles. The third kappa shape index (κ3) is 4.63. The van der Waals surface area contributed by atoms with Crippen molar-refractivity contribution in [2.24, 2.45) is 5.84 Å². The highest BCUT2D eigenvalue weighted by molar-refractivity contribution is 7.09. The van der Waals surface area contributed by atoms with Crippen LogP contribution in [-0.2, 0) is 18.3 Å². The summed E-state index contributed by atoms with van der Waals surface area (Å²) in [6, 6.07) is 8.79. The van der Waals surface area contributed by atoms with Crippen LogP contribution in [0.2, 0.25) is 0 Å². The molecule has 0 aliphatic rings. The number of rotatable bonds is 5. The summed E-state index contributed by atoms with van der Waals surface area (Å²) in [6.07, 6.45) is 1.79. The van der Waals surface area contributed by atoms with E-state index in [1.54, 1.807) is 11.3 Å². The van der Waals surface area contributed by atoms with Crippen molar-refractivity contribution >= 4 is 11.3 Å². The first kappa shape index (κ1) is 16.1. The summed E-state index contributed by atoms with van der Waals surface area (Å²) in [7, 11) is 0. The minimum absolute atomic E-state index is 0.108. The van der Waals surface area contributed by atoms with Gasteiger partial charge in [0, 0.05) is 23.3 Å². The van der Waals surface area contributed by atoms with E-state index in [0.29, 0.717) is 0 Å². The molecule has 0 saturated heterocycles. The summed E-state index contributed by atoms with van der Waals surface area (Å²) in [6.45, 7) is 8.69. The number of hydrogen-bond acceptors (Lipinski definition) is 4. The van der Waals surface area contributed by atoms with Crippen LogP contribution in [0.15, 0.2) is 29.6 Å². The van der Waals surface area contributed by atoms with Gasteiger partial charge in [0.15, 0.2) is 0 Å². The first-order valence-electron chi connectivity index (χ1n) is 7.35. The van der Waals surface area contributed by atoms with Crippen molar-refractivity contribution in [1.29, 1.82) is 0 Å². The monoisotopic (exact) mass is 303 g/mol. The number of benzene rings is 1. The fourth-order valence-corrected chi connectivity index (χ4v) is 3.38. The maximum Gasteiger partial charge on any atom is 0.0944 e. The summed E-state index contributed by atoms with van der Waals surface area (Å²) in [5.74, 6) is 5.73. The van der Waals surface area contributed by atoms with E-state index in [4.69, 9.17) is 10.8 Å². The van der Waals surface area contributed by atoms with Crippen LogP contribution in [0.3, 0.4) is 0 Å². The zero-order valence-corrected chi connectivity index (χ0v) is 14.1. The average molecular weight is 303 g/mol. The third-order valence-electron chi connectivity index (χ3n) is 3.54. The van der Waals surface area contributed by atoms with E-state index in [2.05, 4.69) is 62.8 Å². The second kappa shape index (κ2) is 6.69. The first-order chi connectivity index (χ1) is 9.88. The lowest BCUT2D eigenvalue weighted by atomic mass is 9.93. The molecule has 1 atom stereocenters. The van der Waals surface area contributed by atoms with Crippen LogP contribution in [0.4, 0.5) is 0 Å². The Morgan fingerprint density at radius 3 is 2.62 bits per heavy atom. The number of nitrogens with two attached hydrogens (primary N) is 1. The van der Waals surface area contributed by atoms with Crippen molar-refractivity contribution in [3.8, 4) is 0 Å². The van der Waals surface area contributed by atoms with Crippen molar-refractivity contribution < 1.29 is 0 Å². The number of nitrogens with one attached hydrogen (secondary N) is 1. The molecule has 1 aromatic heterocycles. The van der Waals surface area contributed by atoms with E-state index in [9.17, 15) is 0 Å². The minimum atomic E-state index is 0.108. The molecular weight excluding hydrogens is 278 g/mol. The Bertz CT molecular complexity index is 584. The van der Waals surface area contributed by atoms with Gasteiger partial charge in [-0.15, -0.1) is 11.3 Å². The van der Waals surface area contributed by atoms with Crippen molar-refractivity contribution in [3.05, 3.63) is 51.5 Å². The molecule has 0 saturated carbocycles. The highest BCUT2D eigenvalue weighted by Crippen LogP contribution is 2.24. The van der Waals surface area contributed by atoms with Crippen LogP contribution in [0.25, 0.3) is 0 Å². The molecule has 0 aliphatic heterocycles. The maximum absolute atomic E-state index is 5.73. The smallest absolute Gasteiger partial charge is 0.0944 e. The molecule has 1 unspecified atom stereocenters. The molecule has 3 N–H and O–H groups in total. The molecule has 114 valence electrons. The SMILES string of the molecule is Cc1cccc(CC(Cc2nc(C(C)(C)C)cs2)NN)c1. The van der Waals surface area contributed by atoms with Crippen LogP contribution in [0.1, 0.15) is 42.6 Å². The van der Waals surface area contributed by atoms with Gasteiger partial charge in [0.2, 0.25) is 0 Å². The average Bonchev–Trinajstić information content (AvgIpc) is 2.86. The predicted molar refractivity (Wildman–Crippen MR) is 90.5 cm³/mol. The van der Waals surface area contributed by atoms with E-state index in [0.717, 1.165) is 23.5 Å². The summed E-state index contributed by atoms with van der Waals surface area (Å²) >= 11 is 1.73. The van der Waals surface area contributed by atoms with Gasteiger partial charge in [0.1, 0.15) is 0 Å². The van der Waals surface area contributed by atoms with Crippen LogP contribution in [0.5, 0.6) is 0 Å². The molecule has 3 nitrogen and oxygen atoms in total. The molecule has 0 radical (unpaired) electrons. The predicted octanol–water partition coefficient (Wildman–Crippen LogP) is 3.37. The summed E-state index contributed by atoms with van der Waals surface area (Å²) in [5, 5.41) is 3.31. The van der Waals surface area contributed by atoms with Gasteiger partial charge in [-0.3, -0.25) is 11.3 Å². The minimum Gasteiger partial charge on any atom is -0.271 e. The Morgan fingerprint density at radius 1 is 1.29 bits per heavy atom. The number of thiazole rings is 1. The van der Waals surface area contributed by atoms with Crippen LogP contribution >= 0.6 is 11.3 Å². The summed E-state index contributed by atoms with van der Waals surface area (Å²) in [4.78, 5) is 4.75. The topological polar surface area (TPSA) is 50.9 Å². The summed E-state index contributed by atoms with van der Waals surface area (Å²) in [5.41, 5.74) is 6.80. The van der Waals surface area contributed by atoms with E-state index < -0.39 is 0 Å². The zero-order chi connectivity index (χ0) is 15.5. The molecule has 4 heteroatoms. The van der Waals surface area contributed by atoms with Gasteiger partial charge in [-0.2, -0.15) is 0 Å². The normalized spacial score (nSPS) is 13.4. The Morgan fingerprint density at radius 2 is 2.05 bits per heavy atom. The molecule has 0 spiro atoms. The molecule has 0 amide bonds. The van der Waals surface area contributed by atoms with Gasteiger partial charge in [-0.1, -0.05) is 50.6 Å². The highest BCUT2D eigenvalue weighted by Gasteiger charge is 2.19. The van der Waals surface area contributed by atoms with Crippen molar-refractivity contribution in [2.45, 2.75) is 52.0 Å². The van der Waals surface area contributed by atoms with E-state index in [-0.39, 0.29) is 11.5 Å². The number of aryl methyl sites for hydroxylation is 1. The molecule has 1 aromatic carbocycles. The number of nitrogens with zero attached hydrogens (tertiary/aromatic N) is 1. The van der Waals surface area contributed by atoms with Gasteiger partial charge in [-0.25, -0.2) is 4.98 Å². The quantitative estimate of drug-likeness (QED) is 0.658. The number of hydrazine groups is 1.